The molecule has 12 nitrogen and oxygen atoms in total. The Hall–Kier alpha value is -12.9. The molecule has 13 heteroatoms. The average molecular weight is 1360 g/mol. The van der Waals surface area contributed by atoms with Crippen LogP contribution < -0.4 is 9.47 Å². The van der Waals surface area contributed by atoms with Crippen LogP contribution in [0.4, 0.5) is 0 Å². The van der Waals surface area contributed by atoms with Crippen LogP contribution in [-0.4, -0.2) is 47.8 Å². The second kappa shape index (κ2) is 24.4. The summed E-state index contributed by atoms with van der Waals surface area (Å²) in [5, 5.41) is 10.5. The van der Waals surface area contributed by atoms with E-state index in [1.165, 1.54) is 5.39 Å². The van der Waals surface area contributed by atoms with Gasteiger partial charge in [0.15, 0.2) is 0 Å². The molecule has 0 aliphatic carbocycles. The summed E-state index contributed by atoms with van der Waals surface area (Å²) < 4.78 is 21.9. The molecule has 0 saturated carbocycles. The van der Waals surface area contributed by atoms with Crippen molar-refractivity contribution in [3.8, 4) is 79.7 Å². The Morgan fingerprint density at radius 1 is 0.283 bits per heavy atom. The van der Waals surface area contributed by atoms with Crippen molar-refractivity contribution in [3.63, 3.8) is 0 Å². The minimum atomic E-state index is 0. The molecule has 0 radical (unpaired) electrons. The average Bonchev–Trinajstić information content (AvgIpc) is 1.63. The predicted octanol–water partition coefficient (Wildman–Crippen LogP) is 20.9. The molecule has 0 bridgehead atoms. The first kappa shape index (κ1) is 58.6. The van der Waals surface area contributed by atoms with E-state index in [1.807, 2.05) is 140 Å². The number of pyridine rings is 6. The number of imidazole rings is 2. The van der Waals surface area contributed by atoms with Gasteiger partial charge in [-0.05, 0) is 101 Å². The van der Waals surface area contributed by atoms with Crippen molar-refractivity contribution < 1.29 is 29.9 Å². The molecule has 0 amide bonds. The minimum absolute atomic E-state index is 0. The molecule has 0 fully saturated rings. The molecular weight excluding hydrogens is 1310 g/mol. The molecular formula is C86H52N10O2Pd. The maximum atomic E-state index is 6.66. The number of aromatic nitrogens is 10. The van der Waals surface area contributed by atoms with Crippen LogP contribution in [0.1, 0.15) is 0 Å². The van der Waals surface area contributed by atoms with Gasteiger partial charge in [-0.1, -0.05) is 198 Å². The van der Waals surface area contributed by atoms with Gasteiger partial charge in [-0.3, -0.25) is 14.0 Å². The van der Waals surface area contributed by atoms with Crippen molar-refractivity contribution in [2.24, 2.45) is 0 Å². The van der Waals surface area contributed by atoms with Crippen LogP contribution in [0, 0.1) is 12.1 Å². The van der Waals surface area contributed by atoms with Crippen LogP contribution in [-0.2, 0) is 20.4 Å². The monoisotopic (exact) mass is 1360 g/mol. The molecule has 0 aliphatic rings. The second-order valence-electron chi connectivity index (χ2n) is 24.0. The fourth-order valence-corrected chi connectivity index (χ4v) is 14.1. The summed E-state index contributed by atoms with van der Waals surface area (Å²) >= 11 is 0. The van der Waals surface area contributed by atoms with Gasteiger partial charge in [0, 0.05) is 91.7 Å². The summed E-state index contributed by atoms with van der Waals surface area (Å²) in [4.78, 5) is 29.8. The number of rotatable bonds is 10. The van der Waals surface area contributed by atoms with Crippen LogP contribution in [0.5, 0.6) is 23.0 Å². The fraction of sp³-hybridized carbons (Fsp3) is 0. The van der Waals surface area contributed by atoms with E-state index in [0.717, 1.165) is 161 Å². The smallest absolute Gasteiger partial charge is 0.503 e. The number of hydrogen-bond donors (Lipinski definition) is 0. The van der Waals surface area contributed by atoms with E-state index in [1.54, 1.807) is 0 Å². The van der Waals surface area contributed by atoms with Gasteiger partial charge < -0.3 is 18.4 Å². The fourth-order valence-electron chi connectivity index (χ4n) is 14.1. The van der Waals surface area contributed by atoms with Gasteiger partial charge in [0.1, 0.15) is 40.1 Å². The molecule has 0 N–H and O–H groups in total. The predicted molar refractivity (Wildman–Crippen MR) is 393 cm³/mol. The third-order valence-corrected chi connectivity index (χ3v) is 18.3. The molecule has 20 rings (SSSR count). The van der Waals surface area contributed by atoms with E-state index in [0.29, 0.717) is 11.5 Å². The van der Waals surface area contributed by atoms with Crippen molar-refractivity contribution in [2.45, 2.75) is 0 Å². The molecule has 20 aromatic rings. The van der Waals surface area contributed by atoms with Gasteiger partial charge in [0.05, 0.1) is 39.5 Å². The largest absolute Gasteiger partial charge is 2.00 e. The number of nitrogens with zero attached hydrogens (tertiary/aromatic N) is 10. The molecule has 0 atom stereocenters. The van der Waals surface area contributed by atoms with E-state index < -0.39 is 0 Å². The van der Waals surface area contributed by atoms with Gasteiger partial charge in [0.2, 0.25) is 0 Å². The number of benzene rings is 10. The van der Waals surface area contributed by atoms with Crippen molar-refractivity contribution in [1.29, 1.82) is 0 Å². The molecule has 0 spiro atoms. The van der Waals surface area contributed by atoms with Crippen LogP contribution >= 0.6 is 0 Å². The standard InChI is InChI=1S/C43H27N5O.C43H25N5O.Pd/c2*1-3-12-28(13-4-1)40-41(29-14-5-2-6-15-29)48-42-35(17-11-25-45-42)32-22-20-30(26-36(32)43(48)46-40)49-31-21-23-34-33-16-7-8-18-37(33)47(38(34)27-31)39-19-9-10-24-44-39;/h1-27H;1-25H;/q;-2;+2. The molecule has 0 aliphatic heterocycles. The number of para-hydroxylation sites is 2. The summed E-state index contributed by atoms with van der Waals surface area (Å²) in [6.45, 7) is 0. The third kappa shape index (κ3) is 9.94. The summed E-state index contributed by atoms with van der Waals surface area (Å²) in [5.41, 5.74) is 15.4. The number of fused-ring (bicyclic) bond motifs is 18. The van der Waals surface area contributed by atoms with E-state index in [-0.39, 0.29) is 20.4 Å². The van der Waals surface area contributed by atoms with Gasteiger partial charge >= 0.3 is 20.4 Å². The topological polar surface area (TPSA) is 114 Å². The molecule has 0 unspecified atom stereocenters. The van der Waals surface area contributed by atoms with E-state index in [2.05, 4.69) is 216 Å². The maximum absolute atomic E-state index is 6.66. The van der Waals surface area contributed by atoms with Crippen LogP contribution in [0.3, 0.4) is 0 Å². The van der Waals surface area contributed by atoms with Crippen LogP contribution in [0.25, 0.3) is 155 Å². The van der Waals surface area contributed by atoms with E-state index >= 15 is 0 Å². The van der Waals surface area contributed by atoms with Gasteiger partial charge in [-0.15, -0.1) is 29.7 Å². The summed E-state index contributed by atoms with van der Waals surface area (Å²) in [5.74, 6) is 4.30. The SMILES string of the molecule is [Pd+2].[c-]1c(Oc2[c-]c3c(cc2)c2ccccc2n3-c2ccccn2)ccc2c1c1nc(-c3ccccc3)c(-c3ccccc3)n1c1ncccc21.c1ccc(-c2nc3c4cc(Oc5ccc6c7ccccc7n(-c7ccccn7)c6c5)ccc4c4cccnc4n3c2-c2ccccc2)cc1. The molecule has 10 heterocycles. The minimum Gasteiger partial charge on any atom is -0.503 e. The van der Waals surface area contributed by atoms with Gasteiger partial charge in [-0.25, -0.2) is 24.9 Å². The molecule has 99 heavy (non-hydrogen) atoms. The Morgan fingerprint density at radius 2 is 0.727 bits per heavy atom. The Morgan fingerprint density at radius 3 is 1.33 bits per heavy atom. The van der Waals surface area contributed by atoms with Crippen molar-refractivity contribution in [1.82, 2.24) is 47.8 Å². The Balaban J connectivity index is 0.000000142. The Labute approximate surface area is 580 Å². The van der Waals surface area contributed by atoms with Crippen molar-refractivity contribution in [2.75, 3.05) is 0 Å². The normalized spacial score (nSPS) is 11.6. The molecule has 10 aromatic heterocycles. The van der Waals surface area contributed by atoms with Crippen LogP contribution in [0.2, 0.25) is 0 Å². The molecule has 468 valence electrons. The number of hydrogen-bond acceptors (Lipinski definition) is 8. The first-order chi connectivity index (χ1) is 48.6. The van der Waals surface area contributed by atoms with Gasteiger partial charge in [0.25, 0.3) is 0 Å². The third-order valence-electron chi connectivity index (χ3n) is 18.3. The Kier molecular flexibility index (Phi) is 14.4. The van der Waals surface area contributed by atoms with Crippen molar-refractivity contribution in [3.05, 3.63) is 328 Å². The van der Waals surface area contributed by atoms with Gasteiger partial charge in [-0.2, -0.15) is 6.07 Å². The first-order valence-corrected chi connectivity index (χ1v) is 32.4. The van der Waals surface area contributed by atoms with Crippen molar-refractivity contribution >= 4 is 98.5 Å². The van der Waals surface area contributed by atoms with E-state index in [9.17, 15) is 0 Å². The molecule has 10 aromatic carbocycles. The van der Waals surface area contributed by atoms with Crippen LogP contribution in [0.15, 0.2) is 316 Å². The number of ether oxygens (including phenoxy) is 2. The summed E-state index contributed by atoms with van der Waals surface area (Å²) in [6.07, 6.45) is 7.32. The maximum Gasteiger partial charge on any atom is 2.00 e. The summed E-state index contributed by atoms with van der Waals surface area (Å²) in [6, 6.07) is 106. The quantitative estimate of drug-likeness (QED) is 0.0756. The summed E-state index contributed by atoms with van der Waals surface area (Å²) in [7, 11) is 0. The molecule has 0 saturated heterocycles. The zero-order chi connectivity index (χ0) is 64.6. The zero-order valence-corrected chi connectivity index (χ0v) is 54.2. The zero-order valence-electron chi connectivity index (χ0n) is 52.6. The Bertz CT molecular complexity index is 6090. The van der Waals surface area contributed by atoms with E-state index in [4.69, 9.17) is 29.4 Å². The second-order valence-corrected chi connectivity index (χ2v) is 24.0. The first-order valence-electron chi connectivity index (χ1n) is 32.4.